The van der Waals surface area contributed by atoms with Crippen molar-refractivity contribution in [3.8, 4) is 0 Å². The summed E-state index contributed by atoms with van der Waals surface area (Å²) in [5.41, 5.74) is 5.78. The van der Waals surface area contributed by atoms with Gasteiger partial charge in [-0.3, -0.25) is 4.79 Å². The molecule has 2 unspecified atom stereocenters. The van der Waals surface area contributed by atoms with Crippen molar-refractivity contribution in [1.82, 2.24) is 4.31 Å². The Bertz CT molecular complexity index is 381. The van der Waals surface area contributed by atoms with Gasteiger partial charge in [0.05, 0.1) is 12.3 Å². The maximum absolute atomic E-state index is 11.9. The Kier molecular flexibility index (Phi) is 5.75. The highest BCUT2D eigenvalue weighted by molar-refractivity contribution is 7.88. The van der Waals surface area contributed by atoms with Crippen molar-refractivity contribution in [1.29, 1.82) is 0 Å². The summed E-state index contributed by atoms with van der Waals surface area (Å²) in [6.45, 7) is 3.03. The molecule has 0 radical (unpaired) electrons. The molecule has 2 N–H and O–H groups in total. The Morgan fingerprint density at radius 1 is 1.50 bits per heavy atom. The van der Waals surface area contributed by atoms with E-state index in [1.165, 1.54) is 10.6 Å². The maximum Gasteiger partial charge on any atom is 0.211 e. The number of nitrogens with zero attached hydrogens (tertiary/aromatic N) is 1. The van der Waals surface area contributed by atoms with Gasteiger partial charge < -0.3 is 5.73 Å². The molecular formula is C12H24N2O3S. The van der Waals surface area contributed by atoms with Gasteiger partial charge in [0, 0.05) is 19.5 Å². The van der Waals surface area contributed by atoms with Gasteiger partial charge in [-0.2, -0.15) is 0 Å². The van der Waals surface area contributed by atoms with E-state index in [1.54, 1.807) is 0 Å². The number of hydrogen-bond acceptors (Lipinski definition) is 4. The Hall–Kier alpha value is -0.460. The van der Waals surface area contributed by atoms with E-state index >= 15 is 0 Å². The maximum atomic E-state index is 11.9. The lowest BCUT2D eigenvalue weighted by Gasteiger charge is -2.31. The van der Waals surface area contributed by atoms with Crippen molar-refractivity contribution in [2.24, 2.45) is 11.7 Å². The van der Waals surface area contributed by atoms with Gasteiger partial charge in [-0.1, -0.05) is 13.3 Å². The largest absolute Gasteiger partial charge is 0.322 e. The molecule has 0 aromatic rings. The Morgan fingerprint density at radius 2 is 2.17 bits per heavy atom. The standard InChI is InChI=1S/C12H24N2O3S/c1-3-5-11(13)12(15)8-10-6-4-7-14(9-10)18(2,16)17/h10-11H,3-9,13H2,1-2H3. The molecule has 1 fully saturated rings. The van der Waals surface area contributed by atoms with Crippen LogP contribution in [-0.4, -0.2) is 43.9 Å². The number of carbonyl (C=O) groups is 1. The van der Waals surface area contributed by atoms with E-state index in [2.05, 4.69) is 0 Å². The third kappa shape index (κ3) is 4.66. The van der Waals surface area contributed by atoms with Gasteiger partial charge in [-0.05, 0) is 25.2 Å². The zero-order valence-corrected chi connectivity index (χ0v) is 12.1. The monoisotopic (exact) mass is 276 g/mol. The van der Waals surface area contributed by atoms with Crippen LogP contribution in [0.1, 0.15) is 39.0 Å². The molecule has 0 spiro atoms. The molecule has 1 aliphatic rings. The lowest BCUT2D eigenvalue weighted by molar-refractivity contribution is -0.121. The summed E-state index contributed by atoms with van der Waals surface area (Å²) < 4.78 is 24.4. The number of piperidine rings is 1. The second-order valence-electron chi connectivity index (χ2n) is 5.19. The smallest absolute Gasteiger partial charge is 0.211 e. The van der Waals surface area contributed by atoms with Crippen LogP contribution in [0.15, 0.2) is 0 Å². The molecule has 1 aliphatic heterocycles. The highest BCUT2D eigenvalue weighted by atomic mass is 32.2. The molecule has 1 rings (SSSR count). The molecule has 5 nitrogen and oxygen atoms in total. The molecule has 0 bridgehead atoms. The molecule has 18 heavy (non-hydrogen) atoms. The molecular weight excluding hydrogens is 252 g/mol. The number of rotatable bonds is 6. The average Bonchev–Trinajstić information content (AvgIpc) is 2.28. The van der Waals surface area contributed by atoms with Gasteiger partial charge in [-0.25, -0.2) is 12.7 Å². The molecule has 0 saturated carbocycles. The van der Waals surface area contributed by atoms with Crippen LogP contribution in [0.3, 0.4) is 0 Å². The molecule has 6 heteroatoms. The summed E-state index contributed by atoms with van der Waals surface area (Å²) in [5, 5.41) is 0. The van der Waals surface area contributed by atoms with Crippen LogP contribution >= 0.6 is 0 Å². The van der Waals surface area contributed by atoms with E-state index in [0.717, 1.165) is 19.3 Å². The van der Waals surface area contributed by atoms with Gasteiger partial charge in [0.15, 0.2) is 0 Å². The van der Waals surface area contributed by atoms with E-state index in [4.69, 9.17) is 5.73 Å². The second-order valence-corrected chi connectivity index (χ2v) is 7.18. The van der Waals surface area contributed by atoms with Crippen LogP contribution < -0.4 is 5.73 Å². The lowest BCUT2D eigenvalue weighted by Crippen LogP contribution is -2.41. The van der Waals surface area contributed by atoms with Gasteiger partial charge >= 0.3 is 0 Å². The van der Waals surface area contributed by atoms with E-state index < -0.39 is 10.0 Å². The fourth-order valence-electron chi connectivity index (χ4n) is 2.40. The van der Waals surface area contributed by atoms with Gasteiger partial charge in [0.1, 0.15) is 5.78 Å². The average molecular weight is 276 g/mol. The first kappa shape index (κ1) is 15.6. The zero-order chi connectivity index (χ0) is 13.8. The summed E-state index contributed by atoms with van der Waals surface area (Å²) in [7, 11) is -3.13. The normalized spacial score (nSPS) is 23.8. The van der Waals surface area contributed by atoms with Crippen LogP contribution in [0.2, 0.25) is 0 Å². The number of carbonyl (C=O) groups excluding carboxylic acids is 1. The lowest BCUT2D eigenvalue weighted by atomic mass is 9.91. The quantitative estimate of drug-likeness (QED) is 0.776. The Labute approximate surface area is 110 Å². The summed E-state index contributed by atoms with van der Waals surface area (Å²) in [6.07, 6.45) is 4.98. The molecule has 1 heterocycles. The summed E-state index contributed by atoms with van der Waals surface area (Å²) in [6, 6.07) is -0.386. The zero-order valence-electron chi connectivity index (χ0n) is 11.3. The Balaban J connectivity index is 2.50. The molecule has 106 valence electrons. The van der Waals surface area contributed by atoms with Crippen molar-refractivity contribution in [2.45, 2.75) is 45.1 Å². The molecule has 1 saturated heterocycles. The van der Waals surface area contributed by atoms with Crippen molar-refractivity contribution in [3.63, 3.8) is 0 Å². The van der Waals surface area contributed by atoms with E-state index in [9.17, 15) is 13.2 Å². The summed E-state index contributed by atoms with van der Waals surface area (Å²) in [4.78, 5) is 11.9. The fourth-order valence-corrected chi connectivity index (χ4v) is 3.34. The Morgan fingerprint density at radius 3 is 2.72 bits per heavy atom. The third-order valence-electron chi connectivity index (χ3n) is 3.45. The van der Waals surface area contributed by atoms with Gasteiger partial charge in [-0.15, -0.1) is 0 Å². The predicted molar refractivity (Wildman–Crippen MR) is 71.6 cm³/mol. The van der Waals surface area contributed by atoms with E-state index in [1.807, 2.05) is 6.92 Å². The van der Waals surface area contributed by atoms with Crippen molar-refractivity contribution in [3.05, 3.63) is 0 Å². The van der Waals surface area contributed by atoms with Crippen LogP contribution in [0.25, 0.3) is 0 Å². The fraction of sp³-hybridized carbons (Fsp3) is 0.917. The van der Waals surface area contributed by atoms with Gasteiger partial charge in [0.2, 0.25) is 10.0 Å². The van der Waals surface area contributed by atoms with Crippen molar-refractivity contribution in [2.75, 3.05) is 19.3 Å². The number of sulfonamides is 1. The van der Waals surface area contributed by atoms with Crippen molar-refractivity contribution >= 4 is 15.8 Å². The molecule has 0 aliphatic carbocycles. The predicted octanol–water partition coefficient (Wildman–Crippen LogP) is 0.745. The minimum atomic E-state index is -3.13. The van der Waals surface area contributed by atoms with Crippen LogP contribution in [-0.2, 0) is 14.8 Å². The van der Waals surface area contributed by atoms with E-state index in [-0.39, 0.29) is 17.7 Å². The second kappa shape index (κ2) is 6.63. The van der Waals surface area contributed by atoms with E-state index in [0.29, 0.717) is 25.9 Å². The number of hydrogen-bond donors (Lipinski definition) is 1. The molecule has 0 aromatic carbocycles. The SMILES string of the molecule is CCCC(N)C(=O)CC1CCCN(S(C)(=O)=O)C1. The first-order valence-corrected chi connectivity index (χ1v) is 8.42. The minimum Gasteiger partial charge on any atom is -0.322 e. The topological polar surface area (TPSA) is 80.5 Å². The van der Waals surface area contributed by atoms with Crippen molar-refractivity contribution < 1.29 is 13.2 Å². The van der Waals surface area contributed by atoms with Gasteiger partial charge in [0.25, 0.3) is 0 Å². The number of nitrogens with two attached hydrogens (primary N) is 1. The van der Waals surface area contributed by atoms with Crippen LogP contribution in [0, 0.1) is 5.92 Å². The number of Topliss-reactive ketones (excluding diaryl/α,β-unsaturated/α-hetero) is 1. The molecule has 0 aromatic heterocycles. The van der Waals surface area contributed by atoms with Crippen LogP contribution in [0.4, 0.5) is 0 Å². The highest BCUT2D eigenvalue weighted by Gasteiger charge is 2.28. The first-order valence-electron chi connectivity index (χ1n) is 6.58. The summed E-state index contributed by atoms with van der Waals surface area (Å²) >= 11 is 0. The number of ketones is 1. The highest BCUT2D eigenvalue weighted by Crippen LogP contribution is 2.22. The molecule has 2 atom stereocenters. The van der Waals surface area contributed by atoms with Crippen LogP contribution in [0.5, 0.6) is 0 Å². The first-order chi connectivity index (χ1) is 8.34. The minimum absolute atomic E-state index is 0.0669. The third-order valence-corrected chi connectivity index (χ3v) is 4.72. The molecule has 0 amide bonds. The summed E-state index contributed by atoms with van der Waals surface area (Å²) in [5.74, 6) is 0.195.